The van der Waals surface area contributed by atoms with E-state index < -0.39 is 0 Å². The van der Waals surface area contributed by atoms with E-state index in [2.05, 4.69) is 0 Å². The third-order valence-electron chi connectivity index (χ3n) is 1.80. The molecule has 0 aliphatic rings. The molecule has 0 saturated heterocycles. The van der Waals surface area contributed by atoms with E-state index in [9.17, 15) is 0 Å². The molecule has 0 aliphatic heterocycles. The second-order valence-corrected chi connectivity index (χ2v) is 3.19. The lowest BCUT2D eigenvalue weighted by Crippen LogP contribution is -2.04. The van der Waals surface area contributed by atoms with Gasteiger partial charge >= 0.3 is 0 Å². The molecule has 0 bridgehead atoms. The van der Waals surface area contributed by atoms with Gasteiger partial charge in [0.05, 0.1) is 6.07 Å². The van der Waals surface area contributed by atoms with Crippen LogP contribution in [0.5, 0.6) is 5.75 Å². The van der Waals surface area contributed by atoms with E-state index >= 15 is 0 Å². The number of nitrogens with zero attached hydrogens (tertiary/aromatic N) is 1. The Bertz CT molecular complexity index is 336. The van der Waals surface area contributed by atoms with Gasteiger partial charge in [0.1, 0.15) is 12.4 Å². The first-order valence-corrected chi connectivity index (χ1v) is 5.13. The van der Waals surface area contributed by atoms with Crippen LogP contribution in [0.2, 0.25) is 0 Å². The van der Waals surface area contributed by atoms with Gasteiger partial charge in [-0.1, -0.05) is 18.2 Å². The van der Waals surface area contributed by atoms with Gasteiger partial charge in [0, 0.05) is 5.88 Å². The van der Waals surface area contributed by atoms with Crippen molar-refractivity contribution in [3.63, 3.8) is 0 Å². The highest BCUT2D eigenvalue weighted by Crippen LogP contribution is 2.18. The smallest absolute Gasteiger partial charge is 0.190 e. The van der Waals surface area contributed by atoms with Crippen molar-refractivity contribution in [2.24, 2.45) is 0 Å². The summed E-state index contributed by atoms with van der Waals surface area (Å²) in [6, 6.07) is 9.51. The van der Waals surface area contributed by atoms with Gasteiger partial charge in [-0.05, 0) is 18.1 Å². The molecule has 0 saturated carbocycles. The fraction of sp³-hybridized carbons (Fsp3) is 0.364. The van der Waals surface area contributed by atoms with Crippen molar-refractivity contribution >= 4 is 11.6 Å². The third-order valence-corrected chi connectivity index (χ3v) is 1.99. The molecule has 3 nitrogen and oxygen atoms in total. The van der Waals surface area contributed by atoms with Crippen molar-refractivity contribution < 1.29 is 9.47 Å². The molecule has 1 aromatic carbocycles. The molecule has 1 aromatic rings. The largest absolute Gasteiger partial charge is 0.467 e. The first-order valence-electron chi connectivity index (χ1n) is 4.60. The average Bonchev–Trinajstić information content (AvgIpc) is 2.27. The predicted molar refractivity (Wildman–Crippen MR) is 57.9 cm³/mol. The molecule has 0 fully saturated rings. The second-order valence-electron chi connectivity index (χ2n) is 2.82. The molecule has 0 aromatic heterocycles. The maximum absolute atomic E-state index is 8.25. The Morgan fingerprint density at radius 3 is 2.87 bits per heavy atom. The van der Waals surface area contributed by atoms with Crippen molar-refractivity contribution in [1.29, 1.82) is 5.26 Å². The molecule has 0 heterocycles. The molecule has 0 N–H and O–H groups in total. The van der Waals surface area contributed by atoms with Crippen LogP contribution in [0.25, 0.3) is 0 Å². The fourth-order valence-corrected chi connectivity index (χ4v) is 1.35. The summed E-state index contributed by atoms with van der Waals surface area (Å²) in [6.45, 7) is 0.129. The topological polar surface area (TPSA) is 42.2 Å². The third kappa shape index (κ3) is 4.20. The molecule has 1 rings (SSSR count). The number of ether oxygens (including phenoxy) is 2. The fourth-order valence-electron chi connectivity index (χ4n) is 1.15. The Hall–Kier alpha value is -1.24. The molecule has 0 aliphatic carbocycles. The molecule has 4 heteroatoms. The summed E-state index contributed by atoms with van der Waals surface area (Å²) in [5, 5.41) is 8.25. The number of benzene rings is 1. The lowest BCUT2D eigenvalue weighted by atomic mass is 10.1. The van der Waals surface area contributed by atoms with Crippen LogP contribution >= 0.6 is 11.6 Å². The van der Waals surface area contributed by atoms with Crippen molar-refractivity contribution in [3.05, 3.63) is 29.8 Å². The Balaban J connectivity index is 2.48. The molecular weight excluding hydrogens is 214 g/mol. The number of para-hydroxylation sites is 1. The highest BCUT2D eigenvalue weighted by Gasteiger charge is 2.01. The number of nitriles is 1. The minimum absolute atomic E-state index is 0.0394. The molecule has 0 spiro atoms. The van der Waals surface area contributed by atoms with Crippen molar-refractivity contribution in [1.82, 2.24) is 0 Å². The van der Waals surface area contributed by atoms with Crippen LogP contribution in [0.15, 0.2) is 24.3 Å². The number of alkyl halides is 1. The van der Waals surface area contributed by atoms with Gasteiger partial charge in [0.25, 0.3) is 0 Å². The summed E-state index contributed by atoms with van der Waals surface area (Å²) in [6.07, 6.45) is 0.760. The van der Waals surface area contributed by atoms with Gasteiger partial charge in [-0.25, -0.2) is 0 Å². The highest BCUT2D eigenvalue weighted by molar-refractivity contribution is 6.18. The molecular formula is C11H12ClNO2. The van der Waals surface area contributed by atoms with Crippen LogP contribution in [0, 0.1) is 11.3 Å². The molecule has 80 valence electrons. The van der Waals surface area contributed by atoms with E-state index in [1.165, 1.54) is 0 Å². The number of hydrogen-bond donors (Lipinski definition) is 0. The Morgan fingerprint density at radius 1 is 1.33 bits per heavy atom. The Morgan fingerprint density at radius 2 is 2.13 bits per heavy atom. The quantitative estimate of drug-likeness (QED) is 0.424. The van der Waals surface area contributed by atoms with E-state index in [4.69, 9.17) is 26.3 Å². The maximum atomic E-state index is 8.25. The summed E-state index contributed by atoms with van der Waals surface area (Å²) < 4.78 is 10.3. The summed E-state index contributed by atoms with van der Waals surface area (Å²) in [4.78, 5) is 0. The van der Waals surface area contributed by atoms with Crippen molar-refractivity contribution in [3.8, 4) is 11.8 Å². The number of aryl methyl sites for hydroxylation is 1. The van der Waals surface area contributed by atoms with Gasteiger partial charge in [-0.3, -0.25) is 0 Å². The summed E-state index contributed by atoms with van der Waals surface area (Å²) in [7, 11) is 0. The normalized spacial score (nSPS) is 9.60. The van der Waals surface area contributed by atoms with Gasteiger partial charge < -0.3 is 9.47 Å². The van der Waals surface area contributed by atoms with E-state index in [-0.39, 0.29) is 13.4 Å². The van der Waals surface area contributed by atoms with Crippen molar-refractivity contribution in [2.45, 2.75) is 6.42 Å². The number of rotatable bonds is 6. The van der Waals surface area contributed by atoms with Crippen LogP contribution < -0.4 is 4.74 Å². The molecule has 0 atom stereocenters. The average molecular weight is 226 g/mol. The van der Waals surface area contributed by atoms with Crippen LogP contribution in [0.4, 0.5) is 0 Å². The highest BCUT2D eigenvalue weighted by atomic mass is 35.5. The maximum Gasteiger partial charge on any atom is 0.190 e. The zero-order valence-corrected chi connectivity index (χ0v) is 9.04. The van der Waals surface area contributed by atoms with Crippen LogP contribution in [-0.2, 0) is 11.2 Å². The SMILES string of the molecule is N#CCOCOc1ccccc1CCCl. The first-order chi connectivity index (χ1) is 7.38. The Labute approximate surface area is 94.2 Å². The monoisotopic (exact) mass is 225 g/mol. The summed E-state index contributed by atoms with van der Waals surface area (Å²) >= 11 is 5.66. The van der Waals surface area contributed by atoms with Crippen molar-refractivity contribution in [2.75, 3.05) is 19.3 Å². The standard InChI is InChI=1S/C11H12ClNO2/c12-6-5-10-3-1-2-4-11(10)15-9-14-8-7-13/h1-4H,5-6,8-9H2. The Kier molecular flexibility index (Phi) is 5.60. The lowest BCUT2D eigenvalue weighted by Gasteiger charge is -2.09. The predicted octanol–water partition coefficient (Wildman–Crippen LogP) is 2.34. The van der Waals surface area contributed by atoms with Gasteiger partial charge in [-0.15, -0.1) is 11.6 Å². The van der Waals surface area contributed by atoms with Crippen LogP contribution in [-0.4, -0.2) is 19.3 Å². The zero-order chi connectivity index (χ0) is 10.9. The van der Waals surface area contributed by atoms with Crippen LogP contribution in [0.3, 0.4) is 0 Å². The number of halogens is 1. The van der Waals surface area contributed by atoms with E-state index in [1.807, 2.05) is 30.3 Å². The van der Waals surface area contributed by atoms with E-state index in [0.717, 1.165) is 17.7 Å². The summed E-state index contributed by atoms with van der Waals surface area (Å²) in [5.41, 5.74) is 1.05. The summed E-state index contributed by atoms with van der Waals surface area (Å²) in [5.74, 6) is 1.32. The van der Waals surface area contributed by atoms with Gasteiger partial charge in [0.2, 0.25) is 0 Å². The first kappa shape index (κ1) is 11.8. The van der Waals surface area contributed by atoms with Crippen LogP contribution in [0.1, 0.15) is 5.56 Å². The van der Waals surface area contributed by atoms with E-state index in [1.54, 1.807) is 0 Å². The molecule has 0 amide bonds. The molecule has 0 radical (unpaired) electrons. The van der Waals surface area contributed by atoms with Gasteiger partial charge in [-0.2, -0.15) is 5.26 Å². The van der Waals surface area contributed by atoms with E-state index in [0.29, 0.717) is 5.88 Å². The second kappa shape index (κ2) is 7.10. The minimum Gasteiger partial charge on any atom is -0.467 e. The molecule has 0 unspecified atom stereocenters. The number of hydrogen-bond acceptors (Lipinski definition) is 3. The minimum atomic E-state index is 0.0394. The molecule has 15 heavy (non-hydrogen) atoms. The van der Waals surface area contributed by atoms with Gasteiger partial charge in [0.15, 0.2) is 6.79 Å². The zero-order valence-electron chi connectivity index (χ0n) is 8.28. The lowest BCUT2D eigenvalue weighted by molar-refractivity contribution is 0.0322.